The van der Waals surface area contributed by atoms with Gasteiger partial charge in [-0.3, -0.25) is 5.32 Å². The molecule has 1 aromatic carbocycles. The number of aryl methyl sites for hydroxylation is 1. The van der Waals surface area contributed by atoms with E-state index in [9.17, 15) is 59.0 Å². The van der Waals surface area contributed by atoms with Crippen LogP contribution in [0.2, 0.25) is 0 Å². The average molecular weight is 572 g/mol. The van der Waals surface area contributed by atoms with Gasteiger partial charge in [0.25, 0.3) is 5.60 Å². The van der Waals surface area contributed by atoms with E-state index in [4.69, 9.17) is 0 Å². The number of carbonyl (C=O) groups is 3. The van der Waals surface area contributed by atoms with E-state index in [-0.39, 0.29) is 5.56 Å². The summed E-state index contributed by atoms with van der Waals surface area (Å²) < 4.78 is 132. The van der Waals surface area contributed by atoms with E-state index >= 15 is 0 Å². The number of alkyl halides is 9. The summed E-state index contributed by atoms with van der Waals surface area (Å²) >= 11 is 0. The Morgan fingerprint density at radius 2 is 1.39 bits per heavy atom. The summed E-state index contributed by atoms with van der Waals surface area (Å²) in [6.07, 6.45) is -16.9. The van der Waals surface area contributed by atoms with Crippen LogP contribution in [0.1, 0.15) is 25.0 Å². The van der Waals surface area contributed by atoms with Gasteiger partial charge in [-0.15, -0.1) is 0 Å². The number of urea groups is 1. The topological polar surface area (TPSA) is 123 Å². The van der Waals surface area contributed by atoms with Crippen molar-refractivity contribution in [2.45, 2.75) is 50.6 Å². The molecular weight excluding hydrogens is 551 g/mol. The van der Waals surface area contributed by atoms with Gasteiger partial charge in [0.15, 0.2) is 0 Å². The van der Waals surface area contributed by atoms with Gasteiger partial charge >= 0.3 is 42.2 Å². The number of benzene rings is 1. The monoisotopic (exact) mass is 572 g/mol. The first-order chi connectivity index (χ1) is 17.2. The fraction of sp³-hybridized carbons (Fsp3) is 0.550. The lowest BCUT2D eigenvalue weighted by atomic mass is 9.91. The maximum atomic E-state index is 13.7. The predicted octanol–water partition coefficient (Wildman–Crippen LogP) is 3.83. The molecule has 0 aliphatic heterocycles. The van der Waals surface area contributed by atoms with E-state index in [2.05, 4.69) is 14.2 Å². The van der Waals surface area contributed by atoms with E-state index < -0.39 is 78.9 Å². The number of carbonyl (C=O) groups excluding carboxylic acids is 3. The summed E-state index contributed by atoms with van der Waals surface area (Å²) in [5.74, 6) is -4.53. The molecule has 1 rings (SSSR count). The molecule has 2 amide bonds. The largest absolute Gasteiger partial charge is 0.463 e. The van der Waals surface area contributed by atoms with Crippen LogP contribution in [0, 0.1) is 6.92 Å². The highest BCUT2D eigenvalue weighted by Crippen LogP contribution is 2.41. The molecule has 0 radical (unpaired) electrons. The zero-order chi connectivity index (χ0) is 29.7. The number of hydrogen-bond donors (Lipinski definition) is 3. The zero-order valence-corrected chi connectivity index (χ0v) is 19.7. The summed E-state index contributed by atoms with van der Waals surface area (Å²) in [6, 6.07) is -0.320. The van der Waals surface area contributed by atoms with Gasteiger partial charge in [-0.2, -0.15) is 39.5 Å². The third-order valence-corrected chi connectivity index (χ3v) is 4.58. The molecule has 216 valence electrons. The predicted molar refractivity (Wildman–Crippen MR) is 107 cm³/mol. The first-order valence-corrected chi connectivity index (χ1v) is 10.3. The second kappa shape index (κ2) is 11.6. The highest BCUT2D eigenvalue weighted by Gasteiger charge is 2.66. The second-order valence-corrected chi connectivity index (χ2v) is 7.34. The van der Waals surface area contributed by atoms with Crippen LogP contribution in [0.5, 0.6) is 0 Å². The first-order valence-electron chi connectivity index (χ1n) is 10.3. The van der Waals surface area contributed by atoms with Gasteiger partial charge < -0.3 is 24.6 Å². The van der Waals surface area contributed by atoms with Crippen molar-refractivity contribution in [1.82, 2.24) is 5.32 Å². The summed E-state index contributed by atoms with van der Waals surface area (Å²) in [5.41, 5.74) is -10.8. The number of halogens is 9. The molecule has 0 aliphatic rings. The summed E-state index contributed by atoms with van der Waals surface area (Å²) in [5, 5.41) is 12.7. The molecule has 0 aliphatic carbocycles. The van der Waals surface area contributed by atoms with Gasteiger partial charge in [0.05, 0.1) is 13.2 Å². The number of amides is 2. The highest BCUT2D eigenvalue weighted by atomic mass is 19.4. The molecule has 3 N–H and O–H groups in total. The van der Waals surface area contributed by atoms with Crippen LogP contribution < -0.4 is 10.6 Å². The van der Waals surface area contributed by atoms with Crippen molar-refractivity contribution in [3.63, 3.8) is 0 Å². The number of ether oxygens (including phenoxy) is 3. The molecule has 0 unspecified atom stereocenters. The normalized spacial score (nSPS) is 15.6. The van der Waals surface area contributed by atoms with Crippen molar-refractivity contribution in [2.24, 2.45) is 0 Å². The Bertz CT molecular complexity index is 1030. The maximum absolute atomic E-state index is 13.7. The van der Waals surface area contributed by atoms with Crippen LogP contribution in [0.25, 0.3) is 0 Å². The van der Waals surface area contributed by atoms with Crippen molar-refractivity contribution in [3.8, 4) is 0 Å². The van der Waals surface area contributed by atoms with Crippen molar-refractivity contribution < 1.29 is 73.2 Å². The van der Waals surface area contributed by atoms with Crippen LogP contribution in [0.4, 0.5) is 50.0 Å². The fourth-order valence-electron chi connectivity index (χ4n) is 2.81. The Hall–Kier alpha value is -3.28. The molecule has 0 fully saturated rings. The minimum absolute atomic E-state index is 0.366. The van der Waals surface area contributed by atoms with Crippen molar-refractivity contribution in [1.29, 1.82) is 0 Å². The number of anilines is 1. The lowest BCUT2D eigenvalue weighted by Crippen LogP contribution is -2.67. The van der Waals surface area contributed by atoms with Crippen LogP contribution in [0.3, 0.4) is 0 Å². The Labute approximate surface area is 208 Å². The molecule has 38 heavy (non-hydrogen) atoms. The smallest absolute Gasteiger partial charge is 0.448 e. The molecule has 0 saturated heterocycles. The summed E-state index contributed by atoms with van der Waals surface area (Å²) in [4.78, 5) is 36.2. The molecule has 18 heteroatoms. The van der Waals surface area contributed by atoms with Crippen molar-refractivity contribution in [2.75, 3.05) is 25.1 Å². The number of aliphatic hydroxyl groups is 1. The number of rotatable bonds is 9. The Kier molecular flexibility index (Phi) is 10.0. The SMILES string of the molecule is CCOC(=O)[C@@](NC(=O)Nc1ccc([C@@](O)(C(=O)OCC)C(F)(F)F)cc1C)(OCC(F)(F)F)C(F)(F)F. The van der Waals surface area contributed by atoms with Gasteiger partial charge in [0, 0.05) is 11.3 Å². The summed E-state index contributed by atoms with van der Waals surface area (Å²) in [7, 11) is 0. The van der Waals surface area contributed by atoms with E-state index in [1.54, 1.807) is 5.32 Å². The standard InChI is InChI=1S/C20H21F9N2O7/c1-4-36-13(32)17(35,19(24,25)26)11-6-7-12(10(3)8-11)30-15(34)31-18(20(27,28)29,14(33)37-5-2)38-9-16(21,22)23/h6-8,35H,4-5,9H2,1-3H3,(H2,30,31,34)/t17-,18-/m1/s1. The molecule has 0 heterocycles. The molecule has 9 nitrogen and oxygen atoms in total. The van der Waals surface area contributed by atoms with Crippen molar-refractivity contribution in [3.05, 3.63) is 29.3 Å². The second-order valence-electron chi connectivity index (χ2n) is 7.34. The van der Waals surface area contributed by atoms with Crippen molar-refractivity contribution >= 4 is 23.7 Å². The minimum Gasteiger partial charge on any atom is -0.463 e. The Balaban J connectivity index is 3.40. The lowest BCUT2D eigenvalue weighted by Gasteiger charge is -2.33. The number of hydrogen-bond acceptors (Lipinski definition) is 7. The molecular formula is C20H21F9N2O7. The van der Waals surface area contributed by atoms with E-state index in [0.29, 0.717) is 18.2 Å². The van der Waals surface area contributed by atoms with E-state index in [0.717, 1.165) is 19.2 Å². The number of nitrogens with one attached hydrogen (secondary N) is 2. The third-order valence-electron chi connectivity index (χ3n) is 4.58. The molecule has 1 aromatic rings. The van der Waals surface area contributed by atoms with E-state index in [1.807, 2.05) is 0 Å². The van der Waals surface area contributed by atoms with Crippen LogP contribution >= 0.6 is 0 Å². The van der Waals surface area contributed by atoms with Gasteiger partial charge in [0.2, 0.25) is 0 Å². The Morgan fingerprint density at radius 1 is 0.868 bits per heavy atom. The van der Waals surface area contributed by atoms with Gasteiger partial charge in [-0.05, 0) is 32.4 Å². The molecule has 2 atom stereocenters. The van der Waals surface area contributed by atoms with Gasteiger partial charge in [-0.25, -0.2) is 14.4 Å². The quantitative estimate of drug-likeness (QED) is 0.234. The first kappa shape index (κ1) is 32.7. The molecule has 0 aromatic heterocycles. The minimum atomic E-state index is -5.98. The van der Waals surface area contributed by atoms with Crippen LogP contribution in [-0.2, 0) is 29.4 Å². The summed E-state index contributed by atoms with van der Waals surface area (Å²) in [6.45, 7) is -0.730. The Morgan fingerprint density at radius 3 is 1.82 bits per heavy atom. The molecule has 0 saturated carbocycles. The van der Waals surface area contributed by atoms with E-state index in [1.165, 1.54) is 6.92 Å². The highest BCUT2D eigenvalue weighted by molar-refractivity contribution is 5.95. The third kappa shape index (κ3) is 7.18. The number of esters is 2. The van der Waals surface area contributed by atoms with Crippen LogP contribution in [0.15, 0.2) is 18.2 Å². The average Bonchev–Trinajstić information content (AvgIpc) is 2.75. The molecule has 0 spiro atoms. The van der Waals surface area contributed by atoms with Gasteiger partial charge in [-0.1, -0.05) is 12.1 Å². The van der Waals surface area contributed by atoms with Crippen LogP contribution in [-0.4, -0.2) is 67.2 Å². The lowest BCUT2D eigenvalue weighted by molar-refractivity contribution is -0.305. The van der Waals surface area contributed by atoms with Gasteiger partial charge in [0.1, 0.15) is 6.61 Å². The fourth-order valence-corrected chi connectivity index (χ4v) is 2.81. The zero-order valence-electron chi connectivity index (χ0n) is 19.7. The molecule has 0 bridgehead atoms. The maximum Gasteiger partial charge on any atom is 0.448 e.